The minimum absolute atomic E-state index is 0.292. The number of esters is 1. The summed E-state index contributed by atoms with van der Waals surface area (Å²) in [5, 5.41) is 3.28. The van der Waals surface area contributed by atoms with Gasteiger partial charge in [0.1, 0.15) is 16.7 Å². The average Bonchev–Trinajstić information content (AvgIpc) is 2.97. The molecule has 0 aliphatic carbocycles. The lowest BCUT2D eigenvalue weighted by molar-refractivity contribution is -0.142. The number of hydrogen-bond acceptors (Lipinski definition) is 5. The Balaban J connectivity index is 2.00. The van der Waals surface area contributed by atoms with Crippen molar-refractivity contribution >= 4 is 23.2 Å². The van der Waals surface area contributed by atoms with Gasteiger partial charge in [-0.1, -0.05) is 12.1 Å². The van der Waals surface area contributed by atoms with Crippen LogP contribution < -0.4 is 5.32 Å². The first-order valence-electron chi connectivity index (χ1n) is 6.57. The highest BCUT2D eigenvalue weighted by Crippen LogP contribution is 2.17. The first-order chi connectivity index (χ1) is 10.5. The minimum Gasteiger partial charge on any atom is -0.467 e. The van der Waals surface area contributed by atoms with Gasteiger partial charge in [0.05, 0.1) is 18.3 Å². The number of ether oxygens (including phenoxy) is 1. The van der Waals surface area contributed by atoms with Gasteiger partial charge in [-0.25, -0.2) is 14.2 Å². The van der Waals surface area contributed by atoms with Gasteiger partial charge in [0.15, 0.2) is 0 Å². The standard InChI is InChI=1S/C15H15FN2O3S/c1-9(15(20)21-2)18-14(19)12-8-17-13(22-12)7-10-3-5-11(16)6-4-10/h3-6,8-9H,7H2,1-2H3,(H,18,19)/t9-/m1/s1. The van der Waals surface area contributed by atoms with Crippen LogP contribution in [0.5, 0.6) is 0 Å². The largest absolute Gasteiger partial charge is 0.467 e. The minimum atomic E-state index is -0.722. The molecule has 0 aliphatic heterocycles. The number of rotatable bonds is 5. The van der Waals surface area contributed by atoms with Crippen LogP contribution in [0.2, 0.25) is 0 Å². The van der Waals surface area contributed by atoms with Crippen LogP contribution >= 0.6 is 11.3 Å². The van der Waals surface area contributed by atoms with Crippen LogP contribution in [0.4, 0.5) is 4.39 Å². The molecule has 1 aromatic heterocycles. The van der Waals surface area contributed by atoms with E-state index in [9.17, 15) is 14.0 Å². The molecule has 7 heteroatoms. The fourth-order valence-corrected chi connectivity index (χ4v) is 2.63. The third-order valence-corrected chi connectivity index (χ3v) is 3.94. The summed E-state index contributed by atoms with van der Waals surface area (Å²) in [6, 6.07) is 5.40. The van der Waals surface area contributed by atoms with E-state index < -0.39 is 12.0 Å². The lowest BCUT2D eigenvalue weighted by Gasteiger charge is -2.09. The molecule has 0 radical (unpaired) electrons. The van der Waals surface area contributed by atoms with E-state index in [0.29, 0.717) is 11.3 Å². The third kappa shape index (κ3) is 4.11. The first kappa shape index (κ1) is 16.1. The number of carbonyl (C=O) groups is 2. The van der Waals surface area contributed by atoms with Crippen molar-refractivity contribution in [2.75, 3.05) is 7.11 Å². The van der Waals surface area contributed by atoms with Crippen LogP contribution in [0.25, 0.3) is 0 Å². The molecule has 116 valence electrons. The number of benzene rings is 1. The van der Waals surface area contributed by atoms with E-state index in [2.05, 4.69) is 15.0 Å². The van der Waals surface area contributed by atoms with Gasteiger partial charge in [-0.2, -0.15) is 0 Å². The summed E-state index contributed by atoms with van der Waals surface area (Å²) >= 11 is 1.23. The number of methoxy groups -OCH3 is 1. The maximum absolute atomic E-state index is 12.8. The van der Waals surface area contributed by atoms with Crippen molar-refractivity contribution in [1.82, 2.24) is 10.3 Å². The van der Waals surface area contributed by atoms with Crippen molar-refractivity contribution in [1.29, 1.82) is 0 Å². The summed E-state index contributed by atoms with van der Waals surface area (Å²) in [5.41, 5.74) is 0.908. The van der Waals surface area contributed by atoms with Crippen molar-refractivity contribution in [2.24, 2.45) is 0 Å². The number of halogens is 1. The average molecular weight is 322 g/mol. The predicted octanol–water partition coefficient (Wildman–Crippen LogP) is 2.16. The van der Waals surface area contributed by atoms with Gasteiger partial charge in [0.2, 0.25) is 0 Å². The summed E-state index contributed by atoms with van der Waals surface area (Å²) in [5.74, 6) is -1.18. The Bertz CT molecular complexity index is 670. The van der Waals surface area contributed by atoms with E-state index in [0.717, 1.165) is 10.6 Å². The third-order valence-electron chi connectivity index (χ3n) is 2.95. The van der Waals surface area contributed by atoms with Crippen molar-refractivity contribution in [3.05, 3.63) is 51.7 Å². The summed E-state index contributed by atoms with van der Waals surface area (Å²) in [6.07, 6.45) is 1.98. The van der Waals surface area contributed by atoms with Gasteiger partial charge in [-0.3, -0.25) is 4.79 Å². The molecule has 2 aromatic rings. The van der Waals surface area contributed by atoms with Crippen LogP contribution in [0, 0.1) is 5.82 Å². The van der Waals surface area contributed by atoms with Crippen molar-refractivity contribution < 1.29 is 18.7 Å². The number of nitrogens with one attached hydrogen (secondary N) is 1. The molecule has 0 saturated heterocycles. The van der Waals surface area contributed by atoms with E-state index in [1.54, 1.807) is 19.1 Å². The lowest BCUT2D eigenvalue weighted by atomic mass is 10.2. The Morgan fingerprint density at radius 3 is 2.68 bits per heavy atom. The van der Waals surface area contributed by atoms with Gasteiger partial charge < -0.3 is 10.1 Å². The molecule has 22 heavy (non-hydrogen) atoms. The summed E-state index contributed by atoms with van der Waals surface area (Å²) in [7, 11) is 1.26. The second-order valence-corrected chi connectivity index (χ2v) is 5.76. The Kier molecular flexibility index (Phi) is 5.21. The molecule has 0 spiro atoms. The molecule has 5 nitrogen and oxygen atoms in total. The second-order valence-electron chi connectivity index (χ2n) is 4.64. The van der Waals surface area contributed by atoms with Crippen LogP contribution in [-0.4, -0.2) is 30.0 Å². The van der Waals surface area contributed by atoms with Gasteiger partial charge in [0.25, 0.3) is 5.91 Å². The maximum atomic E-state index is 12.8. The maximum Gasteiger partial charge on any atom is 0.328 e. The quantitative estimate of drug-likeness (QED) is 0.857. The Hall–Kier alpha value is -2.28. The van der Waals surface area contributed by atoms with Gasteiger partial charge in [0, 0.05) is 6.42 Å². The number of aromatic nitrogens is 1. The van der Waals surface area contributed by atoms with Crippen LogP contribution in [0.3, 0.4) is 0 Å². The van der Waals surface area contributed by atoms with Crippen LogP contribution in [0.15, 0.2) is 30.5 Å². The molecule has 0 bridgehead atoms. The second kappa shape index (κ2) is 7.13. The molecule has 2 rings (SSSR count). The van der Waals surface area contributed by atoms with Crippen molar-refractivity contribution in [2.45, 2.75) is 19.4 Å². The molecule has 1 heterocycles. The van der Waals surface area contributed by atoms with Crippen LogP contribution in [0.1, 0.15) is 27.2 Å². The molecular weight excluding hydrogens is 307 g/mol. The van der Waals surface area contributed by atoms with Crippen LogP contribution in [-0.2, 0) is 16.0 Å². The highest BCUT2D eigenvalue weighted by Gasteiger charge is 2.18. The number of hydrogen-bond donors (Lipinski definition) is 1. The number of amides is 1. The molecule has 1 atom stereocenters. The zero-order valence-electron chi connectivity index (χ0n) is 12.1. The van der Waals surface area contributed by atoms with E-state index >= 15 is 0 Å². The molecule has 0 aliphatic rings. The zero-order valence-corrected chi connectivity index (χ0v) is 12.9. The molecule has 1 aromatic carbocycles. The SMILES string of the molecule is COC(=O)[C@@H](C)NC(=O)c1cnc(Cc2ccc(F)cc2)s1. The van der Waals surface area contributed by atoms with E-state index in [1.807, 2.05) is 0 Å². The summed E-state index contributed by atoms with van der Waals surface area (Å²) < 4.78 is 17.4. The molecule has 1 amide bonds. The highest BCUT2D eigenvalue weighted by atomic mass is 32.1. The first-order valence-corrected chi connectivity index (χ1v) is 7.39. The lowest BCUT2D eigenvalue weighted by Crippen LogP contribution is -2.38. The van der Waals surface area contributed by atoms with Gasteiger partial charge in [-0.05, 0) is 24.6 Å². The molecule has 0 saturated carbocycles. The highest BCUT2D eigenvalue weighted by molar-refractivity contribution is 7.13. The van der Waals surface area contributed by atoms with Gasteiger partial charge >= 0.3 is 5.97 Å². The van der Waals surface area contributed by atoms with E-state index in [1.165, 1.54) is 36.8 Å². The topological polar surface area (TPSA) is 68.3 Å². The summed E-state index contributed by atoms with van der Waals surface area (Å²) in [6.45, 7) is 1.55. The zero-order chi connectivity index (χ0) is 16.1. The Labute approximate surface area is 131 Å². The Morgan fingerprint density at radius 1 is 1.36 bits per heavy atom. The molecule has 1 N–H and O–H groups in total. The monoisotopic (exact) mass is 322 g/mol. The smallest absolute Gasteiger partial charge is 0.328 e. The van der Waals surface area contributed by atoms with E-state index in [4.69, 9.17) is 0 Å². The number of thiazole rings is 1. The van der Waals surface area contributed by atoms with Gasteiger partial charge in [-0.15, -0.1) is 11.3 Å². The molecular formula is C15H15FN2O3S. The number of nitrogens with zero attached hydrogens (tertiary/aromatic N) is 1. The Morgan fingerprint density at radius 2 is 2.05 bits per heavy atom. The fraction of sp³-hybridized carbons (Fsp3) is 0.267. The van der Waals surface area contributed by atoms with Crippen molar-refractivity contribution in [3.63, 3.8) is 0 Å². The fourth-order valence-electron chi connectivity index (χ4n) is 1.78. The molecule has 0 unspecified atom stereocenters. The summed E-state index contributed by atoms with van der Waals surface area (Å²) in [4.78, 5) is 27.8. The molecule has 0 fully saturated rings. The number of carbonyl (C=O) groups excluding carboxylic acids is 2. The van der Waals surface area contributed by atoms with Crippen molar-refractivity contribution in [3.8, 4) is 0 Å². The normalized spacial score (nSPS) is 11.8. The predicted molar refractivity (Wildman–Crippen MR) is 80.3 cm³/mol. The van der Waals surface area contributed by atoms with E-state index in [-0.39, 0.29) is 11.7 Å².